The summed E-state index contributed by atoms with van der Waals surface area (Å²) in [5.41, 5.74) is 5.04. The van der Waals surface area contributed by atoms with Crippen molar-refractivity contribution in [1.82, 2.24) is 5.43 Å². The molecule has 8 heteroatoms. The van der Waals surface area contributed by atoms with Gasteiger partial charge in [-0.3, -0.25) is 9.10 Å². The number of benzene rings is 3. The lowest BCUT2D eigenvalue weighted by Crippen LogP contribution is -2.29. The summed E-state index contributed by atoms with van der Waals surface area (Å²) < 4.78 is 26.8. The molecule has 30 heavy (non-hydrogen) atoms. The van der Waals surface area contributed by atoms with Crippen molar-refractivity contribution in [2.75, 3.05) is 10.6 Å². The van der Waals surface area contributed by atoms with Gasteiger partial charge in [-0.05, 0) is 47.5 Å². The van der Waals surface area contributed by atoms with Crippen molar-refractivity contribution in [3.05, 3.63) is 100 Å². The maximum Gasteiger partial charge on any atom is 0.271 e. The summed E-state index contributed by atoms with van der Waals surface area (Å²) in [4.78, 5) is 12.3. The molecule has 0 saturated heterocycles. The highest BCUT2D eigenvalue weighted by Gasteiger charge is 2.18. The number of nitrogens with zero attached hydrogens (tertiary/aromatic N) is 2. The van der Waals surface area contributed by atoms with Crippen LogP contribution in [-0.4, -0.2) is 26.8 Å². The quantitative estimate of drug-likeness (QED) is 0.402. The number of amides is 1. The number of carbonyl (C=O) groups is 1. The van der Waals surface area contributed by atoms with Crippen LogP contribution in [0.2, 0.25) is 0 Å². The molecule has 3 aromatic carbocycles. The van der Waals surface area contributed by atoms with Crippen LogP contribution in [0.25, 0.3) is 0 Å². The molecule has 3 aromatic rings. The predicted molar refractivity (Wildman–Crippen MR) is 123 cm³/mol. The number of nitrogens with one attached hydrogen (secondary N) is 1. The van der Waals surface area contributed by atoms with Crippen LogP contribution in [0.3, 0.4) is 0 Å². The van der Waals surface area contributed by atoms with Crippen LogP contribution in [0.15, 0.2) is 88.4 Å². The molecule has 0 aromatic heterocycles. The Labute approximate surface area is 184 Å². The number of sulfonamides is 1. The topological polar surface area (TPSA) is 78.8 Å². The SMILES string of the molecule is CS(=O)(=O)N(Cc1ccccc1)c1ccc(C(=O)N/N=C/c2ccc(Br)cc2)cc1. The summed E-state index contributed by atoms with van der Waals surface area (Å²) in [6.45, 7) is 0.211. The van der Waals surface area contributed by atoms with Gasteiger partial charge in [0.2, 0.25) is 10.0 Å². The van der Waals surface area contributed by atoms with E-state index in [1.807, 2.05) is 54.6 Å². The number of hydrogen-bond donors (Lipinski definition) is 1. The highest BCUT2D eigenvalue weighted by Crippen LogP contribution is 2.21. The zero-order chi connectivity index (χ0) is 21.6. The number of rotatable bonds is 7. The fourth-order valence-electron chi connectivity index (χ4n) is 2.71. The number of anilines is 1. The predicted octanol–water partition coefficient (Wildman–Crippen LogP) is 4.18. The van der Waals surface area contributed by atoms with Crippen molar-refractivity contribution in [3.8, 4) is 0 Å². The summed E-state index contributed by atoms with van der Waals surface area (Å²) in [6, 6.07) is 23.2. The second-order valence-electron chi connectivity index (χ2n) is 6.55. The number of carbonyl (C=O) groups excluding carboxylic acids is 1. The van der Waals surface area contributed by atoms with Crippen LogP contribution in [0, 0.1) is 0 Å². The summed E-state index contributed by atoms with van der Waals surface area (Å²) in [7, 11) is -3.49. The van der Waals surface area contributed by atoms with Crippen LogP contribution in [0.1, 0.15) is 21.5 Å². The van der Waals surface area contributed by atoms with Gasteiger partial charge in [-0.25, -0.2) is 13.8 Å². The molecular weight excluding hydrogens is 466 g/mol. The number of hydrogen-bond acceptors (Lipinski definition) is 4. The average Bonchev–Trinajstić information content (AvgIpc) is 2.73. The first-order chi connectivity index (χ1) is 14.3. The summed E-state index contributed by atoms with van der Waals surface area (Å²) >= 11 is 3.36. The Morgan fingerprint density at radius 3 is 2.23 bits per heavy atom. The first-order valence-corrected chi connectivity index (χ1v) is 11.7. The molecule has 0 atom stereocenters. The van der Waals surface area contributed by atoms with Crippen LogP contribution < -0.4 is 9.73 Å². The van der Waals surface area contributed by atoms with Gasteiger partial charge in [-0.1, -0.05) is 58.4 Å². The van der Waals surface area contributed by atoms with Gasteiger partial charge in [0.05, 0.1) is 24.7 Å². The van der Waals surface area contributed by atoms with Gasteiger partial charge in [0.25, 0.3) is 5.91 Å². The minimum absolute atomic E-state index is 0.211. The van der Waals surface area contributed by atoms with Crippen LogP contribution >= 0.6 is 15.9 Å². The van der Waals surface area contributed by atoms with E-state index in [2.05, 4.69) is 26.5 Å². The second-order valence-corrected chi connectivity index (χ2v) is 9.38. The molecule has 0 aliphatic carbocycles. The van der Waals surface area contributed by atoms with Gasteiger partial charge in [-0.15, -0.1) is 0 Å². The van der Waals surface area contributed by atoms with Crippen LogP contribution in [0.5, 0.6) is 0 Å². The summed E-state index contributed by atoms with van der Waals surface area (Å²) in [5, 5.41) is 3.95. The van der Waals surface area contributed by atoms with Crippen LogP contribution in [-0.2, 0) is 16.6 Å². The van der Waals surface area contributed by atoms with Gasteiger partial charge in [0.15, 0.2) is 0 Å². The molecule has 0 fully saturated rings. The van der Waals surface area contributed by atoms with E-state index in [1.165, 1.54) is 4.31 Å². The minimum Gasteiger partial charge on any atom is -0.267 e. The molecule has 1 amide bonds. The maximum absolute atomic E-state index is 12.3. The Morgan fingerprint density at radius 1 is 1.00 bits per heavy atom. The van der Waals surface area contributed by atoms with Crippen molar-refractivity contribution < 1.29 is 13.2 Å². The summed E-state index contributed by atoms with van der Waals surface area (Å²) in [5.74, 6) is -0.385. The highest BCUT2D eigenvalue weighted by molar-refractivity contribution is 9.10. The molecule has 0 saturated carbocycles. The smallest absolute Gasteiger partial charge is 0.267 e. The van der Waals surface area contributed by atoms with E-state index < -0.39 is 10.0 Å². The minimum atomic E-state index is -3.49. The van der Waals surface area contributed by atoms with E-state index in [4.69, 9.17) is 0 Å². The van der Waals surface area contributed by atoms with E-state index >= 15 is 0 Å². The zero-order valence-electron chi connectivity index (χ0n) is 16.2. The zero-order valence-corrected chi connectivity index (χ0v) is 18.6. The van der Waals surface area contributed by atoms with Crippen molar-refractivity contribution in [2.24, 2.45) is 5.10 Å². The second kappa shape index (κ2) is 9.69. The lowest BCUT2D eigenvalue weighted by Gasteiger charge is -2.22. The fraction of sp³-hybridized carbons (Fsp3) is 0.0909. The molecule has 154 valence electrons. The molecule has 3 rings (SSSR count). The average molecular weight is 486 g/mol. The Hall–Kier alpha value is -2.97. The summed E-state index contributed by atoms with van der Waals surface area (Å²) in [6.07, 6.45) is 2.71. The molecule has 0 bridgehead atoms. The normalized spacial score (nSPS) is 11.4. The molecule has 1 N–H and O–H groups in total. The van der Waals surface area contributed by atoms with Crippen molar-refractivity contribution >= 4 is 43.8 Å². The molecule has 0 radical (unpaired) electrons. The van der Waals surface area contributed by atoms with Gasteiger partial charge in [-0.2, -0.15) is 5.10 Å². The highest BCUT2D eigenvalue weighted by atomic mass is 79.9. The van der Waals surface area contributed by atoms with Gasteiger partial charge >= 0.3 is 0 Å². The lowest BCUT2D eigenvalue weighted by molar-refractivity contribution is 0.0955. The Bertz CT molecular complexity index is 1130. The standard InChI is InChI=1S/C22H20BrN3O3S/c1-30(28,29)26(16-18-5-3-2-4-6-18)21-13-9-19(10-14-21)22(27)25-24-15-17-7-11-20(23)12-8-17/h2-15H,16H2,1H3,(H,25,27)/b24-15+. The van der Waals surface area contributed by atoms with E-state index in [0.717, 1.165) is 21.9 Å². The number of hydrazone groups is 1. The molecule has 0 unspecified atom stereocenters. The Balaban J connectivity index is 1.70. The largest absolute Gasteiger partial charge is 0.271 e. The maximum atomic E-state index is 12.3. The van der Waals surface area contributed by atoms with Crippen molar-refractivity contribution in [2.45, 2.75) is 6.54 Å². The fourth-order valence-corrected chi connectivity index (χ4v) is 3.86. The van der Waals surface area contributed by atoms with E-state index in [9.17, 15) is 13.2 Å². The molecule has 0 heterocycles. The first-order valence-electron chi connectivity index (χ1n) is 9.03. The van der Waals surface area contributed by atoms with Crippen molar-refractivity contribution in [1.29, 1.82) is 0 Å². The molecule has 0 aliphatic heterocycles. The third-order valence-corrected chi connectivity index (χ3v) is 5.91. The third-order valence-electron chi connectivity index (χ3n) is 4.24. The van der Waals surface area contributed by atoms with Crippen molar-refractivity contribution in [3.63, 3.8) is 0 Å². The molecular formula is C22H20BrN3O3S. The molecule has 6 nitrogen and oxygen atoms in total. The number of halogens is 1. The van der Waals surface area contributed by atoms with Gasteiger partial charge < -0.3 is 0 Å². The van der Waals surface area contributed by atoms with E-state index in [1.54, 1.807) is 30.5 Å². The van der Waals surface area contributed by atoms with E-state index in [0.29, 0.717) is 11.3 Å². The monoisotopic (exact) mass is 485 g/mol. The van der Waals surface area contributed by atoms with Gasteiger partial charge in [0, 0.05) is 10.0 Å². The first kappa shape index (κ1) is 21.7. The van der Waals surface area contributed by atoms with Gasteiger partial charge in [0.1, 0.15) is 0 Å². The third kappa shape index (κ3) is 6.01. The molecule has 0 aliphatic rings. The van der Waals surface area contributed by atoms with Crippen LogP contribution in [0.4, 0.5) is 5.69 Å². The Morgan fingerprint density at radius 2 is 1.63 bits per heavy atom. The van der Waals surface area contributed by atoms with E-state index in [-0.39, 0.29) is 12.5 Å². The Kier molecular flexibility index (Phi) is 7.02. The molecule has 0 spiro atoms. The lowest BCUT2D eigenvalue weighted by atomic mass is 10.2.